The second-order valence-corrected chi connectivity index (χ2v) is 5.07. The predicted octanol–water partition coefficient (Wildman–Crippen LogP) is 2.23. The summed E-state index contributed by atoms with van der Waals surface area (Å²) in [5.41, 5.74) is 0.769. The quantitative estimate of drug-likeness (QED) is 0.921. The SMILES string of the molecule is CCCN1CCN(c2n[nH]c3cc(F)ccc23)CC1. The van der Waals surface area contributed by atoms with Crippen LogP contribution < -0.4 is 4.90 Å². The summed E-state index contributed by atoms with van der Waals surface area (Å²) in [6.45, 7) is 7.49. The Balaban J connectivity index is 1.78. The highest BCUT2D eigenvalue weighted by molar-refractivity contribution is 5.90. The minimum absolute atomic E-state index is 0.226. The van der Waals surface area contributed by atoms with Gasteiger partial charge in [-0.15, -0.1) is 0 Å². The number of nitrogens with one attached hydrogen (secondary N) is 1. The summed E-state index contributed by atoms with van der Waals surface area (Å²) in [7, 11) is 0. The molecule has 0 saturated carbocycles. The van der Waals surface area contributed by atoms with Gasteiger partial charge in [-0.1, -0.05) is 6.92 Å². The number of benzene rings is 1. The molecule has 4 nitrogen and oxygen atoms in total. The molecule has 0 radical (unpaired) electrons. The maximum atomic E-state index is 13.2. The van der Waals surface area contributed by atoms with E-state index < -0.39 is 0 Å². The summed E-state index contributed by atoms with van der Waals surface area (Å²) in [5, 5.41) is 8.27. The topological polar surface area (TPSA) is 35.2 Å². The number of hydrogen-bond acceptors (Lipinski definition) is 3. The fourth-order valence-corrected chi connectivity index (χ4v) is 2.72. The zero-order chi connectivity index (χ0) is 13.2. The molecular formula is C14H19FN4. The molecule has 1 aliphatic heterocycles. The van der Waals surface area contributed by atoms with Crippen LogP contribution in [0, 0.1) is 5.82 Å². The smallest absolute Gasteiger partial charge is 0.158 e. The Morgan fingerprint density at radius 3 is 2.79 bits per heavy atom. The molecule has 2 aromatic rings. The summed E-state index contributed by atoms with van der Waals surface area (Å²) < 4.78 is 13.2. The van der Waals surface area contributed by atoms with Gasteiger partial charge in [0.15, 0.2) is 5.82 Å². The van der Waals surface area contributed by atoms with Crippen LogP contribution in [0.4, 0.5) is 10.2 Å². The third-order valence-electron chi connectivity index (χ3n) is 3.72. The Morgan fingerprint density at radius 2 is 2.05 bits per heavy atom. The molecule has 5 heteroatoms. The summed E-state index contributed by atoms with van der Waals surface area (Å²) in [5.74, 6) is 0.724. The van der Waals surface area contributed by atoms with Gasteiger partial charge in [0.05, 0.1) is 5.52 Å². The lowest BCUT2D eigenvalue weighted by atomic mass is 10.2. The molecule has 3 rings (SSSR count). The third kappa shape index (κ3) is 2.42. The van der Waals surface area contributed by atoms with Crippen molar-refractivity contribution in [1.29, 1.82) is 0 Å². The molecule has 1 aromatic heterocycles. The van der Waals surface area contributed by atoms with E-state index in [1.54, 1.807) is 0 Å². The van der Waals surface area contributed by atoms with Crippen molar-refractivity contribution < 1.29 is 4.39 Å². The van der Waals surface area contributed by atoms with E-state index in [0.29, 0.717) is 0 Å². The Hall–Kier alpha value is -1.62. The lowest BCUT2D eigenvalue weighted by Crippen LogP contribution is -2.46. The molecule has 0 amide bonds. The first-order valence-corrected chi connectivity index (χ1v) is 6.89. The largest absolute Gasteiger partial charge is 0.352 e. The number of piperazine rings is 1. The zero-order valence-corrected chi connectivity index (χ0v) is 11.2. The Morgan fingerprint density at radius 1 is 1.26 bits per heavy atom. The first-order valence-electron chi connectivity index (χ1n) is 6.89. The Labute approximate surface area is 112 Å². The molecule has 0 spiro atoms. The molecule has 0 bridgehead atoms. The number of H-pyrrole nitrogens is 1. The van der Waals surface area contributed by atoms with E-state index in [1.165, 1.54) is 25.1 Å². The van der Waals surface area contributed by atoms with Crippen LogP contribution in [0.15, 0.2) is 18.2 Å². The fourth-order valence-electron chi connectivity index (χ4n) is 2.72. The van der Waals surface area contributed by atoms with Crippen molar-refractivity contribution in [2.75, 3.05) is 37.6 Å². The average molecular weight is 262 g/mol. The maximum Gasteiger partial charge on any atom is 0.158 e. The van der Waals surface area contributed by atoms with E-state index in [4.69, 9.17) is 0 Å². The van der Waals surface area contributed by atoms with E-state index in [1.807, 2.05) is 6.07 Å². The molecule has 1 N–H and O–H groups in total. The van der Waals surface area contributed by atoms with Gasteiger partial charge >= 0.3 is 0 Å². The first kappa shape index (κ1) is 12.4. The van der Waals surface area contributed by atoms with E-state index in [0.717, 1.165) is 42.9 Å². The standard InChI is InChI=1S/C14H19FN4/c1-2-5-18-6-8-19(9-7-18)14-12-4-3-11(15)10-13(12)16-17-14/h3-4,10H,2,5-9H2,1H3,(H,16,17). The molecular weight excluding hydrogens is 243 g/mol. The van der Waals surface area contributed by atoms with Crippen molar-refractivity contribution in [1.82, 2.24) is 15.1 Å². The maximum absolute atomic E-state index is 13.2. The van der Waals surface area contributed by atoms with Gasteiger partial charge in [-0.05, 0) is 31.2 Å². The minimum atomic E-state index is -0.226. The van der Waals surface area contributed by atoms with Crippen molar-refractivity contribution >= 4 is 16.7 Å². The second-order valence-electron chi connectivity index (χ2n) is 5.07. The lowest BCUT2D eigenvalue weighted by Gasteiger charge is -2.34. The van der Waals surface area contributed by atoms with E-state index >= 15 is 0 Å². The monoisotopic (exact) mass is 262 g/mol. The number of rotatable bonds is 3. The van der Waals surface area contributed by atoms with Crippen LogP contribution in [0.5, 0.6) is 0 Å². The summed E-state index contributed by atoms with van der Waals surface area (Å²) in [6, 6.07) is 4.80. The molecule has 0 unspecified atom stereocenters. The van der Waals surface area contributed by atoms with E-state index in [9.17, 15) is 4.39 Å². The Kier molecular flexibility index (Phi) is 3.38. The summed E-state index contributed by atoms with van der Waals surface area (Å²) >= 11 is 0. The van der Waals surface area contributed by atoms with Crippen molar-refractivity contribution in [3.8, 4) is 0 Å². The number of anilines is 1. The number of nitrogens with zero attached hydrogens (tertiary/aromatic N) is 3. The van der Waals surface area contributed by atoms with Gasteiger partial charge < -0.3 is 4.90 Å². The van der Waals surface area contributed by atoms with E-state index in [-0.39, 0.29) is 5.82 Å². The molecule has 1 saturated heterocycles. The van der Waals surface area contributed by atoms with Gasteiger partial charge in [-0.25, -0.2) is 4.39 Å². The highest BCUT2D eigenvalue weighted by Crippen LogP contribution is 2.25. The van der Waals surface area contributed by atoms with Crippen LogP contribution in [-0.2, 0) is 0 Å². The second kappa shape index (κ2) is 5.17. The van der Waals surface area contributed by atoms with Crippen LogP contribution in [0.1, 0.15) is 13.3 Å². The van der Waals surface area contributed by atoms with Crippen LogP contribution in [0.2, 0.25) is 0 Å². The van der Waals surface area contributed by atoms with Gasteiger partial charge in [0.2, 0.25) is 0 Å². The summed E-state index contributed by atoms with van der Waals surface area (Å²) in [6.07, 6.45) is 1.20. The molecule has 0 aliphatic carbocycles. The Bertz CT molecular complexity index is 558. The number of halogens is 1. The van der Waals surface area contributed by atoms with Gasteiger partial charge in [-0.3, -0.25) is 10.00 Å². The third-order valence-corrected chi connectivity index (χ3v) is 3.72. The zero-order valence-electron chi connectivity index (χ0n) is 11.2. The van der Waals surface area contributed by atoms with Crippen LogP contribution in [0.25, 0.3) is 10.9 Å². The normalized spacial score (nSPS) is 17.3. The fraction of sp³-hybridized carbons (Fsp3) is 0.500. The summed E-state index contributed by atoms with van der Waals surface area (Å²) in [4.78, 5) is 4.76. The number of aromatic amines is 1. The van der Waals surface area contributed by atoms with E-state index in [2.05, 4.69) is 26.9 Å². The van der Waals surface area contributed by atoms with Gasteiger partial charge in [0.1, 0.15) is 5.82 Å². The predicted molar refractivity (Wildman–Crippen MR) is 75.0 cm³/mol. The number of fused-ring (bicyclic) bond motifs is 1. The number of aromatic nitrogens is 2. The molecule has 2 heterocycles. The molecule has 0 atom stereocenters. The molecule has 102 valence electrons. The molecule has 1 aromatic carbocycles. The highest BCUT2D eigenvalue weighted by atomic mass is 19.1. The number of hydrogen-bond donors (Lipinski definition) is 1. The lowest BCUT2D eigenvalue weighted by molar-refractivity contribution is 0.258. The van der Waals surface area contributed by atoms with Crippen LogP contribution in [0.3, 0.4) is 0 Å². The first-order chi connectivity index (χ1) is 9.28. The molecule has 19 heavy (non-hydrogen) atoms. The van der Waals surface area contributed by atoms with Gasteiger partial charge in [0, 0.05) is 31.6 Å². The average Bonchev–Trinajstić information content (AvgIpc) is 2.83. The molecule has 1 aliphatic rings. The van der Waals surface area contributed by atoms with Crippen molar-refractivity contribution in [3.05, 3.63) is 24.0 Å². The van der Waals surface area contributed by atoms with Crippen molar-refractivity contribution in [2.24, 2.45) is 0 Å². The van der Waals surface area contributed by atoms with Crippen LogP contribution in [-0.4, -0.2) is 47.8 Å². The van der Waals surface area contributed by atoms with Crippen molar-refractivity contribution in [2.45, 2.75) is 13.3 Å². The van der Waals surface area contributed by atoms with Crippen LogP contribution >= 0.6 is 0 Å². The van der Waals surface area contributed by atoms with Gasteiger partial charge in [0.25, 0.3) is 0 Å². The highest BCUT2D eigenvalue weighted by Gasteiger charge is 2.20. The van der Waals surface area contributed by atoms with Gasteiger partial charge in [-0.2, -0.15) is 5.10 Å². The minimum Gasteiger partial charge on any atom is -0.352 e. The van der Waals surface area contributed by atoms with Crippen molar-refractivity contribution in [3.63, 3.8) is 0 Å². The molecule has 1 fully saturated rings.